The van der Waals surface area contributed by atoms with Gasteiger partial charge in [-0.2, -0.15) is 0 Å². The van der Waals surface area contributed by atoms with E-state index in [0.717, 1.165) is 19.3 Å². The third-order valence-corrected chi connectivity index (χ3v) is 5.58. The summed E-state index contributed by atoms with van der Waals surface area (Å²) < 4.78 is 5.03. The number of hydrogen-bond acceptors (Lipinski definition) is 4. The Labute approximate surface area is 177 Å². The normalized spacial score (nSPS) is 13.4. The van der Waals surface area contributed by atoms with Crippen LogP contribution in [0.3, 0.4) is 0 Å². The lowest BCUT2D eigenvalue weighted by Gasteiger charge is -2.33. The van der Waals surface area contributed by atoms with Crippen LogP contribution in [0.15, 0.2) is 11.6 Å². The average molecular weight is 411 g/mol. The van der Waals surface area contributed by atoms with Gasteiger partial charge in [0.2, 0.25) is 11.8 Å². The Hall–Kier alpha value is -1.85. The number of esters is 1. The molecule has 0 aromatic carbocycles. The Bertz CT molecular complexity index is 577. The van der Waals surface area contributed by atoms with Gasteiger partial charge < -0.3 is 15.0 Å². The zero-order valence-electron chi connectivity index (χ0n) is 19.9. The number of carbonyl (C=O) groups is 3. The Balaban J connectivity index is 5.23. The van der Waals surface area contributed by atoms with Gasteiger partial charge in [-0.15, -0.1) is 0 Å². The van der Waals surface area contributed by atoms with Gasteiger partial charge in [0.15, 0.2) is 0 Å². The standard InChI is InChI=1S/C23H42N2O4/c1-10-23(11-2,14-16(4)5)22(28)24-15-20(26)25(9)19(17(6)7)13-18(8)21(27)29-12-3/h13,16-17,19H,10-12,14-15H2,1-9H3,(H,24,28)/b18-13+/t19-/m1/s1. The van der Waals surface area contributed by atoms with E-state index in [9.17, 15) is 14.4 Å². The minimum Gasteiger partial charge on any atom is -0.463 e. The fourth-order valence-corrected chi connectivity index (χ4v) is 3.69. The van der Waals surface area contributed by atoms with Crippen LogP contribution in [0, 0.1) is 17.3 Å². The molecule has 0 aliphatic rings. The topological polar surface area (TPSA) is 75.7 Å². The number of amides is 2. The maximum absolute atomic E-state index is 12.9. The number of rotatable bonds is 12. The summed E-state index contributed by atoms with van der Waals surface area (Å²) >= 11 is 0. The highest BCUT2D eigenvalue weighted by Crippen LogP contribution is 2.34. The molecule has 0 saturated heterocycles. The molecule has 168 valence electrons. The molecule has 0 radical (unpaired) electrons. The quantitative estimate of drug-likeness (QED) is 0.390. The summed E-state index contributed by atoms with van der Waals surface area (Å²) in [4.78, 5) is 39.2. The monoisotopic (exact) mass is 410 g/mol. The molecule has 0 aliphatic heterocycles. The molecular weight excluding hydrogens is 368 g/mol. The number of likely N-dealkylation sites (N-methyl/N-ethyl adjacent to an activating group) is 1. The largest absolute Gasteiger partial charge is 0.463 e. The Morgan fingerprint density at radius 3 is 2.03 bits per heavy atom. The van der Waals surface area contributed by atoms with Crippen molar-refractivity contribution in [3.63, 3.8) is 0 Å². The number of nitrogens with zero attached hydrogens (tertiary/aromatic N) is 1. The first kappa shape index (κ1) is 27.1. The van der Waals surface area contributed by atoms with Crippen LogP contribution in [0.2, 0.25) is 0 Å². The first-order valence-electron chi connectivity index (χ1n) is 10.8. The Kier molecular flexibility index (Phi) is 11.8. The summed E-state index contributed by atoms with van der Waals surface area (Å²) in [6.07, 6.45) is 4.05. The van der Waals surface area contributed by atoms with Gasteiger partial charge >= 0.3 is 5.97 Å². The highest BCUT2D eigenvalue weighted by Gasteiger charge is 2.35. The Morgan fingerprint density at radius 1 is 1.07 bits per heavy atom. The van der Waals surface area contributed by atoms with Gasteiger partial charge in [-0.1, -0.05) is 47.6 Å². The molecule has 0 bridgehead atoms. The van der Waals surface area contributed by atoms with Crippen molar-refractivity contribution in [1.82, 2.24) is 10.2 Å². The summed E-state index contributed by atoms with van der Waals surface area (Å²) in [6.45, 7) is 16.0. The van der Waals surface area contributed by atoms with E-state index in [1.165, 1.54) is 0 Å². The predicted molar refractivity (Wildman–Crippen MR) is 117 cm³/mol. The lowest BCUT2D eigenvalue weighted by Crippen LogP contribution is -2.48. The molecule has 0 unspecified atom stereocenters. The summed E-state index contributed by atoms with van der Waals surface area (Å²) in [5.74, 6) is -0.111. The van der Waals surface area contributed by atoms with Crippen LogP contribution >= 0.6 is 0 Å². The van der Waals surface area contributed by atoms with E-state index in [-0.39, 0.29) is 36.3 Å². The lowest BCUT2D eigenvalue weighted by atomic mass is 9.75. The number of hydrogen-bond donors (Lipinski definition) is 1. The molecule has 2 amide bonds. The van der Waals surface area contributed by atoms with Crippen molar-refractivity contribution in [2.45, 2.75) is 80.7 Å². The third-order valence-electron chi connectivity index (χ3n) is 5.58. The molecule has 0 saturated carbocycles. The van der Waals surface area contributed by atoms with Crippen LogP contribution in [0.25, 0.3) is 0 Å². The lowest BCUT2D eigenvalue weighted by molar-refractivity contribution is -0.138. The molecule has 0 aromatic rings. The van der Waals surface area contributed by atoms with E-state index < -0.39 is 5.41 Å². The molecule has 0 fully saturated rings. The highest BCUT2D eigenvalue weighted by atomic mass is 16.5. The summed E-state index contributed by atoms with van der Waals surface area (Å²) in [7, 11) is 1.70. The molecular formula is C23H42N2O4. The first-order valence-corrected chi connectivity index (χ1v) is 10.8. The van der Waals surface area contributed by atoms with Crippen molar-refractivity contribution < 1.29 is 19.1 Å². The van der Waals surface area contributed by atoms with Crippen molar-refractivity contribution in [3.8, 4) is 0 Å². The van der Waals surface area contributed by atoms with Crippen LogP contribution in [-0.2, 0) is 19.1 Å². The second kappa shape index (κ2) is 12.7. The van der Waals surface area contributed by atoms with Gasteiger partial charge in [-0.25, -0.2) is 4.79 Å². The zero-order chi connectivity index (χ0) is 22.8. The van der Waals surface area contributed by atoms with Crippen LogP contribution in [0.1, 0.15) is 74.7 Å². The Morgan fingerprint density at radius 2 is 1.62 bits per heavy atom. The van der Waals surface area contributed by atoms with Gasteiger partial charge in [0.1, 0.15) is 0 Å². The smallest absolute Gasteiger partial charge is 0.333 e. The minimum absolute atomic E-state index is 0.0509. The maximum Gasteiger partial charge on any atom is 0.333 e. The fraction of sp³-hybridized carbons (Fsp3) is 0.783. The van der Waals surface area contributed by atoms with E-state index in [1.54, 1.807) is 31.9 Å². The summed E-state index contributed by atoms with van der Waals surface area (Å²) in [6, 6.07) is -0.262. The molecule has 0 aromatic heterocycles. The SMILES string of the molecule is CCOC(=O)/C(C)=C/[C@H](C(C)C)N(C)C(=O)CNC(=O)C(CC)(CC)CC(C)C. The van der Waals surface area contributed by atoms with Crippen molar-refractivity contribution in [3.05, 3.63) is 11.6 Å². The van der Waals surface area contributed by atoms with Crippen LogP contribution in [0.4, 0.5) is 0 Å². The molecule has 0 heterocycles. The van der Waals surface area contributed by atoms with E-state index in [1.807, 2.05) is 27.7 Å². The average Bonchev–Trinajstić information content (AvgIpc) is 2.66. The first-order chi connectivity index (χ1) is 13.4. The molecule has 1 N–H and O–H groups in total. The minimum atomic E-state index is -0.440. The fourth-order valence-electron chi connectivity index (χ4n) is 3.69. The number of carbonyl (C=O) groups excluding carboxylic acids is 3. The zero-order valence-corrected chi connectivity index (χ0v) is 19.9. The summed E-state index contributed by atoms with van der Waals surface area (Å²) in [5.41, 5.74) is 0.0346. The molecule has 29 heavy (non-hydrogen) atoms. The van der Waals surface area contributed by atoms with Crippen LogP contribution in [-0.4, -0.2) is 48.9 Å². The second-order valence-corrected chi connectivity index (χ2v) is 8.58. The number of ether oxygens (including phenoxy) is 1. The van der Waals surface area contributed by atoms with E-state index in [2.05, 4.69) is 19.2 Å². The van der Waals surface area contributed by atoms with Gasteiger partial charge in [0.05, 0.1) is 19.2 Å². The van der Waals surface area contributed by atoms with Crippen LogP contribution in [0.5, 0.6) is 0 Å². The van der Waals surface area contributed by atoms with Gasteiger partial charge in [0.25, 0.3) is 0 Å². The molecule has 0 rings (SSSR count). The van der Waals surface area contributed by atoms with Gasteiger partial charge in [-0.05, 0) is 44.9 Å². The van der Waals surface area contributed by atoms with Crippen molar-refractivity contribution >= 4 is 17.8 Å². The van der Waals surface area contributed by atoms with Crippen molar-refractivity contribution in [1.29, 1.82) is 0 Å². The van der Waals surface area contributed by atoms with Gasteiger partial charge in [0, 0.05) is 18.0 Å². The van der Waals surface area contributed by atoms with E-state index in [0.29, 0.717) is 18.1 Å². The third kappa shape index (κ3) is 8.19. The second-order valence-electron chi connectivity index (χ2n) is 8.58. The van der Waals surface area contributed by atoms with E-state index in [4.69, 9.17) is 4.74 Å². The van der Waals surface area contributed by atoms with Gasteiger partial charge in [-0.3, -0.25) is 9.59 Å². The maximum atomic E-state index is 12.9. The molecule has 0 aliphatic carbocycles. The molecule has 6 heteroatoms. The van der Waals surface area contributed by atoms with Crippen molar-refractivity contribution in [2.75, 3.05) is 20.2 Å². The molecule has 6 nitrogen and oxygen atoms in total. The van der Waals surface area contributed by atoms with Crippen LogP contribution < -0.4 is 5.32 Å². The number of nitrogens with one attached hydrogen (secondary N) is 1. The molecule has 0 spiro atoms. The van der Waals surface area contributed by atoms with Crippen molar-refractivity contribution in [2.24, 2.45) is 17.3 Å². The summed E-state index contributed by atoms with van der Waals surface area (Å²) in [5, 5.41) is 2.86. The predicted octanol–water partition coefficient (Wildman–Crippen LogP) is 3.95. The highest BCUT2D eigenvalue weighted by molar-refractivity contribution is 5.89. The van der Waals surface area contributed by atoms with E-state index >= 15 is 0 Å². The molecule has 1 atom stereocenters.